The molecule has 2 rings (SSSR count). The number of aromatic nitrogens is 2. The molecule has 1 fully saturated rings. The summed E-state index contributed by atoms with van der Waals surface area (Å²) in [6.07, 6.45) is 5.15. The van der Waals surface area contributed by atoms with Crippen LogP contribution in [-0.4, -0.2) is 15.4 Å². The third kappa shape index (κ3) is 3.44. The SMILES string of the molecule is CC1(C)CCCC(Nc2nc(C(C)(C)C)ns2)C1. The molecule has 0 amide bonds. The van der Waals surface area contributed by atoms with E-state index >= 15 is 0 Å². The maximum absolute atomic E-state index is 4.62. The van der Waals surface area contributed by atoms with Crippen molar-refractivity contribution in [2.45, 2.75) is 71.8 Å². The Morgan fingerprint density at radius 3 is 2.61 bits per heavy atom. The highest BCUT2D eigenvalue weighted by Crippen LogP contribution is 2.36. The average Bonchev–Trinajstić information content (AvgIpc) is 2.63. The van der Waals surface area contributed by atoms with Crippen molar-refractivity contribution in [3.63, 3.8) is 0 Å². The summed E-state index contributed by atoms with van der Waals surface area (Å²) < 4.78 is 4.46. The van der Waals surface area contributed by atoms with Gasteiger partial charge in [-0.15, -0.1) is 0 Å². The van der Waals surface area contributed by atoms with Crippen molar-refractivity contribution in [1.29, 1.82) is 0 Å². The van der Waals surface area contributed by atoms with Gasteiger partial charge < -0.3 is 5.32 Å². The zero-order chi connectivity index (χ0) is 13.4. The second-order valence-electron chi connectivity index (χ2n) is 7.27. The summed E-state index contributed by atoms with van der Waals surface area (Å²) in [7, 11) is 0. The molecule has 3 nitrogen and oxygen atoms in total. The van der Waals surface area contributed by atoms with Crippen molar-refractivity contribution in [3.05, 3.63) is 5.82 Å². The Labute approximate surface area is 115 Å². The van der Waals surface area contributed by atoms with Gasteiger partial charge in [-0.25, -0.2) is 4.98 Å². The molecule has 0 radical (unpaired) electrons. The summed E-state index contributed by atoms with van der Waals surface area (Å²) in [5, 5.41) is 4.56. The lowest BCUT2D eigenvalue weighted by atomic mass is 9.75. The van der Waals surface area contributed by atoms with Crippen LogP contribution in [0.5, 0.6) is 0 Å². The molecule has 1 heterocycles. The van der Waals surface area contributed by atoms with Gasteiger partial charge in [0.05, 0.1) is 0 Å². The van der Waals surface area contributed by atoms with Gasteiger partial charge in [0.1, 0.15) is 5.82 Å². The molecular weight excluding hydrogens is 242 g/mol. The van der Waals surface area contributed by atoms with Crippen LogP contribution < -0.4 is 5.32 Å². The number of hydrogen-bond acceptors (Lipinski definition) is 4. The highest BCUT2D eigenvalue weighted by atomic mass is 32.1. The van der Waals surface area contributed by atoms with E-state index in [1.165, 1.54) is 37.2 Å². The van der Waals surface area contributed by atoms with E-state index in [2.05, 4.69) is 49.3 Å². The van der Waals surface area contributed by atoms with Crippen LogP contribution in [0, 0.1) is 5.41 Å². The fourth-order valence-corrected chi connectivity index (χ4v) is 3.42. The van der Waals surface area contributed by atoms with Gasteiger partial charge >= 0.3 is 0 Å². The summed E-state index contributed by atoms with van der Waals surface area (Å²) >= 11 is 1.50. The molecule has 1 aliphatic carbocycles. The van der Waals surface area contributed by atoms with Crippen molar-refractivity contribution in [2.24, 2.45) is 5.41 Å². The molecule has 18 heavy (non-hydrogen) atoms. The van der Waals surface area contributed by atoms with E-state index in [1.54, 1.807) is 0 Å². The predicted molar refractivity (Wildman–Crippen MR) is 78.3 cm³/mol. The Morgan fingerprint density at radius 1 is 1.33 bits per heavy atom. The van der Waals surface area contributed by atoms with E-state index in [-0.39, 0.29) is 5.41 Å². The van der Waals surface area contributed by atoms with Gasteiger partial charge in [-0.05, 0) is 24.7 Å². The molecule has 0 bridgehead atoms. The van der Waals surface area contributed by atoms with Gasteiger partial charge in [-0.3, -0.25) is 0 Å². The molecule has 1 aromatic rings. The normalized spacial score (nSPS) is 23.9. The van der Waals surface area contributed by atoms with E-state index in [9.17, 15) is 0 Å². The second kappa shape index (κ2) is 4.80. The van der Waals surface area contributed by atoms with Crippen LogP contribution in [0.4, 0.5) is 5.13 Å². The van der Waals surface area contributed by atoms with E-state index in [1.807, 2.05) is 0 Å². The van der Waals surface area contributed by atoms with Crippen molar-refractivity contribution < 1.29 is 0 Å². The number of nitrogens with one attached hydrogen (secondary N) is 1. The first-order chi connectivity index (χ1) is 8.26. The molecule has 1 unspecified atom stereocenters. The lowest BCUT2D eigenvalue weighted by molar-refractivity contribution is 0.229. The topological polar surface area (TPSA) is 37.8 Å². The smallest absolute Gasteiger partial charge is 0.202 e. The van der Waals surface area contributed by atoms with Gasteiger partial charge in [-0.1, -0.05) is 41.0 Å². The average molecular weight is 267 g/mol. The van der Waals surface area contributed by atoms with Gasteiger partial charge in [0.25, 0.3) is 0 Å². The highest BCUT2D eigenvalue weighted by molar-refractivity contribution is 7.09. The summed E-state index contributed by atoms with van der Waals surface area (Å²) in [6, 6.07) is 0.564. The first-order valence-corrected chi connectivity index (χ1v) is 7.64. The van der Waals surface area contributed by atoms with Crippen LogP contribution in [0.2, 0.25) is 0 Å². The minimum atomic E-state index is 0.0439. The Hall–Kier alpha value is -0.640. The molecule has 1 saturated carbocycles. The van der Waals surface area contributed by atoms with Crippen LogP contribution in [0.1, 0.15) is 66.1 Å². The van der Waals surface area contributed by atoms with Crippen LogP contribution >= 0.6 is 11.5 Å². The second-order valence-corrected chi connectivity index (χ2v) is 8.03. The Morgan fingerprint density at radius 2 is 2.06 bits per heavy atom. The Bertz CT molecular complexity index is 403. The van der Waals surface area contributed by atoms with Crippen LogP contribution in [-0.2, 0) is 5.41 Å². The molecular formula is C14H25N3S. The van der Waals surface area contributed by atoms with Crippen molar-refractivity contribution in [3.8, 4) is 0 Å². The molecule has 0 aliphatic heterocycles. The monoisotopic (exact) mass is 267 g/mol. The molecule has 0 aromatic carbocycles. The quantitative estimate of drug-likeness (QED) is 0.872. The van der Waals surface area contributed by atoms with Gasteiger partial charge in [0.2, 0.25) is 5.13 Å². The van der Waals surface area contributed by atoms with E-state index in [0.717, 1.165) is 11.0 Å². The fourth-order valence-electron chi connectivity index (χ4n) is 2.58. The highest BCUT2D eigenvalue weighted by Gasteiger charge is 2.28. The third-order valence-corrected chi connectivity index (χ3v) is 4.28. The molecule has 4 heteroatoms. The van der Waals surface area contributed by atoms with Crippen LogP contribution in [0.25, 0.3) is 0 Å². The van der Waals surface area contributed by atoms with E-state index < -0.39 is 0 Å². The molecule has 1 aliphatic rings. The summed E-state index contributed by atoms with van der Waals surface area (Å²) in [5.74, 6) is 0.949. The van der Waals surface area contributed by atoms with Crippen molar-refractivity contribution in [2.75, 3.05) is 5.32 Å². The molecule has 102 valence electrons. The predicted octanol–water partition coefficient (Wildman–Crippen LogP) is 4.22. The van der Waals surface area contributed by atoms with E-state index in [0.29, 0.717) is 11.5 Å². The molecule has 1 aromatic heterocycles. The van der Waals surface area contributed by atoms with E-state index in [4.69, 9.17) is 0 Å². The number of rotatable bonds is 2. The largest absolute Gasteiger partial charge is 0.358 e. The minimum Gasteiger partial charge on any atom is -0.358 e. The molecule has 0 spiro atoms. The maximum atomic E-state index is 4.62. The number of nitrogens with zero attached hydrogens (tertiary/aromatic N) is 2. The molecule has 1 atom stereocenters. The Kier molecular flexibility index (Phi) is 3.67. The first kappa shape index (κ1) is 13.8. The van der Waals surface area contributed by atoms with Crippen LogP contribution in [0.3, 0.4) is 0 Å². The molecule has 0 saturated heterocycles. The number of anilines is 1. The lowest BCUT2D eigenvalue weighted by Gasteiger charge is -2.35. The van der Waals surface area contributed by atoms with Gasteiger partial charge in [0.15, 0.2) is 0 Å². The van der Waals surface area contributed by atoms with Gasteiger partial charge in [-0.2, -0.15) is 4.37 Å². The summed E-state index contributed by atoms with van der Waals surface area (Å²) in [5.41, 5.74) is 0.510. The summed E-state index contributed by atoms with van der Waals surface area (Å²) in [6.45, 7) is 11.2. The molecule has 1 N–H and O–H groups in total. The maximum Gasteiger partial charge on any atom is 0.202 e. The van der Waals surface area contributed by atoms with Gasteiger partial charge in [0, 0.05) is 23.0 Å². The zero-order valence-electron chi connectivity index (χ0n) is 12.2. The zero-order valence-corrected chi connectivity index (χ0v) is 13.0. The minimum absolute atomic E-state index is 0.0439. The first-order valence-electron chi connectivity index (χ1n) is 6.87. The van der Waals surface area contributed by atoms with Crippen molar-refractivity contribution in [1.82, 2.24) is 9.36 Å². The fraction of sp³-hybridized carbons (Fsp3) is 0.857. The third-order valence-electron chi connectivity index (χ3n) is 3.63. The van der Waals surface area contributed by atoms with Crippen molar-refractivity contribution >= 4 is 16.7 Å². The lowest BCUT2D eigenvalue weighted by Crippen LogP contribution is -2.31. The Balaban J connectivity index is 1.99. The number of hydrogen-bond donors (Lipinski definition) is 1. The standard InChI is InChI=1S/C14H25N3S/c1-13(2,3)11-16-12(18-17-11)15-10-7-6-8-14(4,5)9-10/h10H,6-9H2,1-5H3,(H,15,16,17). The van der Waals surface area contributed by atoms with Crippen LogP contribution in [0.15, 0.2) is 0 Å². The summed E-state index contributed by atoms with van der Waals surface area (Å²) in [4.78, 5) is 4.62.